The fourth-order valence-corrected chi connectivity index (χ4v) is 0. The average molecular weight is 113 g/mol. The van der Waals surface area contributed by atoms with Crippen molar-refractivity contribution in [2.24, 2.45) is 0 Å². The SMILES string of the molecule is CC(=O)OO.Cl. The molecule has 0 amide bonds. The largest absolute Gasteiger partial charge is 0.339 e. The monoisotopic (exact) mass is 112 g/mol. The lowest BCUT2D eigenvalue weighted by atomic mass is 10.9. The van der Waals surface area contributed by atoms with Gasteiger partial charge in [0.05, 0.1) is 0 Å². The second kappa shape index (κ2) is 4.72. The molecule has 0 aromatic rings. The van der Waals surface area contributed by atoms with E-state index in [1.54, 1.807) is 0 Å². The van der Waals surface area contributed by atoms with Crippen LogP contribution in [0.5, 0.6) is 0 Å². The van der Waals surface area contributed by atoms with Crippen molar-refractivity contribution in [3.05, 3.63) is 0 Å². The summed E-state index contributed by atoms with van der Waals surface area (Å²) in [5.41, 5.74) is 0. The van der Waals surface area contributed by atoms with Crippen molar-refractivity contribution in [2.45, 2.75) is 6.92 Å². The third-order valence-corrected chi connectivity index (χ3v) is 0.129. The maximum atomic E-state index is 9.34. The van der Waals surface area contributed by atoms with Gasteiger partial charge in [0.2, 0.25) is 0 Å². The summed E-state index contributed by atoms with van der Waals surface area (Å²) in [6, 6.07) is 0. The molecular weight excluding hydrogens is 107 g/mol. The molecule has 0 bridgehead atoms. The molecule has 3 nitrogen and oxygen atoms in total. The van der Waals surface area contributed by atoms with E-state index in [1.807, 2.05) is 0 Å². The van der Waals surface area contributed by atoms with E-state index in [-0.39, 0.29) is 12.4 Å². The van der Waals surface area contributed by atoms with Crippen molar-refractivity contribution in [1.82, 2.24) is 0 Å². The van der Waals surface area contributed by atoms with Gasteiger partial charge in [-0.05, 0) is 0 Å². The van der Waals surface area contributed by atoms with Gasteiger partial charge in [0.1, 0.15) is 0 Å². The minimum atomic E-state index is -0.690. The zero-order chi connectivity index (χ0) is 4.28. The van der Waals surface area contributed by atoms with Crippen molar-refractivity contribution < 1.29 is 14.9 Å². The zero-order valence-corrected chi connectivity index (χ0v) is 3.99. The molecule has 0 radical (unpaired) electrons. The third kappa shape index (κ3) is 9.30. The van der Waals surface area contributed by atoms with Crippen molar-refractivity contribution in [3.8, 4) is 0 Å². The number of halogens is 1. The molecule has 0 spiro atoms. The molecule has 0 fully saturated rings. The lowest BCUT2D eigenvalue weighted by molar-refractivity contribution is -0.231. The fourth-order valence-electron chi connectivity index (χ4n) is 0. The predicted octanol–water partition coefficient (Wildman–Crippen LogP) is 0.444. The number of rotatable bonds is 0. The summed E-state index contributed by atoms with van der Waals surface area (Å²) in [5, 5.41) is 7.29. The van der Waals surface area contributed by atoms with E-state index in [4.69, 9.17) is 5.26 Å². The second-order valence-electron chi connectivity index (χ2n) is 0.583. The minimum Gasteiger partial charge on any atom is -0.301 e. The summed E-state index contributed by atoms with van der Waals surface area (Å²) >= 11 is 0. The van der Waals surface area contributed by atoms with E-state index >= 15 is 0 Å². The van der Waals surface area contributed by atoms with E-state index < -0.39 is 5.97 Å². The van der Waals surface area contributed by atoms with Crippen molar-refractivity contribution in [3.63, 3.8) is 0 Å². The number of carbonyl (C=O) groups excluding carboxylic acids is 1. The Morgan fingerprint density at radius 2 is 2.00 bits per heavy atom. The summed E-state index contributed by atoms with van der Waals surface area (Å²) in [6.45, 7) is 1.11. The van der Waals surface area contributed by atoms with Crippen LogP contribution in [0.4, 0.5) is 0 Å². The van der Waals surface area contributed by atoms with Crippen LogP contribution in [0, 0.1) is 0 Å². The maximum Gasteiger partial charge on any atom is 0.339 e. The van der Waals surface area contributed by atoms with E-state index in [0.717, 1.165) is 6.92 Å². The molecule has 0 saturated heterocycles. The molecule has 4 heteroatoms. The van der Waals surface area contributed by atoms with Crippen LogP contribution in [0.2, 0.25) is 0 Å². The smallest absolute Gasteiger partial charge is 0.301 e. The number of hydrogen-bond donors (Lipinski definition) is 1. The highest BCUT2D eigenvalue weighted by atomic mass is 35.5. The quantitative estimate of drug-likeness (QED) is 0.366. The van der Waals surface area contributed by atoms with Crippen molar-refractivity contribution in [2.75, 3.05) is 0 Å². The molecule has 6 heavy (non-hydrogen) atoms. The van der Waals surface area contributed by atoms with E-state index in [1.165, 1.54) is 0 Å². The lowest BCUT2D eigenvalue weighted by Gasteiger charge is -1.76. The Balaban J connectivity index is 0. The van der Waals surface area contributed by atoms with Gasteiger partial charge < -0.3 is 4.89 Å². The molecule has 0 aliphatic carbocycles. The van der Waals surface area contributed by atoms with Crippen molar-refractivity contribution in [1.29, 1.82) is 0 Å². The fraction of sp³-hybridized carbons (Fsp3) is 0.500. The molecule has 0 heterocycles. The standard InChI is InChI=1S/C2H4O3.ClH/c1-2(3)5-4;/h4H,1H3;1H. The van der Waals surface area contributed by atoms with Gasteiger partial charge in [0, 0.05) is 6.92 Å². The average Bonchev–Trinajstić information content (AvgIpc) is 1.38. The first-order chi connectivity index (χ1) is 2.27. The molecule has 38 valence electrons. The summed E-state index contributed by atoms with van der Waals surface area (Å²) in [5.74, 6) is -0.690. The molecule has 0 atom stereocenters. The Kier molecular flexibility index (Phi) is 7.24. The third-order valence-electron chi connectivity index (χ3n) is 0.129. The molecule has 0 aliphatic heterocycles. The van der Waals surface area contributed by atoms with Crippen LogP contribution < -0.4 is 0 Å². The van der Waals surface area contributed by atoms with Gasteiger partial charge in [0.15, 0.2) is 0 Å². The summed E-state index contributed by atoms with van der Waals surface area (Å²) in [6.07, 6.45) is 0. The topological polar surface area (TPSA) is 46.5 Å². The summed E-state index contributed by atoms with van der Waals surface area (Å²) in [7, 11) is 0. The van der Waals surface area contributed by atoms with E-state index in [2.05, 4.69) is 4.89 Å². The van der Waals surface area contributed by atoms with Crippen LogP contribution in [-0.2, 0) is 9.68 Å². The van der Waals surface area contributed by atoms with Crippen LogP contribution in [0.3, 0.4) is 0 Å². The van der Waals surface area contributed by atoms with Gasteiger partial charge in [-0.2, -0.15) is 5.26 Å². The first-order valence-corrected chi connectivity index (χ1v) is 1.09. The van der Waals surface area contributed by atoms with E-state index in [9.17, 15) is 4.79 Å². The van der Waals surface area contributed by atoms with Crippen LogP contribution in [-0.4, -0.2) is 11.2 Å². The first-order valence-electron chi connectivity index (χ1n) is 1.09. The highest BCUT2D eigenvalue weighted by Gasteiger charge is 1.79. The first kappa shape index (κ1) is 9.21. The molecule has 0 unspecified atom stereocenters. The van der Waals surface area contributed by atoms with Crippen molar-refractivity contribution >= 4 is 18.4 Å². The molecule has 0 saturated carbocycles. The van der Waals surface area contributed by atoms with Gasteiger partial charge >= 0.3 is 5.97 Å². The normalized spacial score (nSPS) is 5.67. The Morgan fingerprint density at radius 3 is 2.00 bits per heavy atom. The molecule has 0 aromatic heterocycles. The number of hydrogen-bond acceptors (Lipinski definition) is 3. The molecule has 1 N–H and O–H groups in total. The highest BCUT2D eigenvalue weighted by molar-refractivity contribution is 5.85. The maximum absolute atomic E-state index is 9.34. The van der Waals surface area contributed by atoms with Gasteiger partial charge in [0.25, 0.3) is 0 Å². The molecular formula is C2H5ClO3. The van der Waals surface area contributed by atoms with Gasteiger partial charge in [-0.1, -0.05) is 0 Å². The molecule has 0 aromatic carbocycles. The van der Waals surface area contributed by atoms with Crippen LogP contribution >= 0.6 is 12.4 Å². The van der Waals surface area contributed by atoms with E-state index in [0.29, 0.717) is 0 Å². The highest BCUT2D eigenvalue weighted by Crippen LogP contribution is 1.59. The zero-order valence-electron chi connectivity index (χ0n) is 3.17. The summed E-state index contributed by atoms with van der Waals surface area (Å²) in [4.78, 5) is 12.5. The minimum absolute atomic E-state index is 0. The second-order valence-corrected chi connectivity index (χ2v) is 0.583. The Morgan fingerprint density at radius 1 is 1.83 bits per heavy atom. The van der Waals surface area contributed by atoms with Gasteiger partial charge in [-0.15, -0.1) is 12.4 Å². The number of carbonyl (C=O) groups is 1. The van der Waals surface area contributed by atoms with Crippen LogP contribution in [0.1, 0.15) is 6.92 Å². The molecule has 0 aliphatic rings. The summed E-state index contributed by atoms with van der Waals surface area (Å²) < 4.78 is 0. The Labute approximate surface area is 41.3 Å². The van der Waals surface area contributed by atoms with Gasteiger partial charge in [-0.25, -0.2) is 4.79 Å². The Bertz CT molecular complexity index is 44.1. The molecule has 0 rings (SSSR count). The lowest BCUT2D eigenvalue weighted by Crippen LogP contribution is -1.89. The van der Waals surface area contributed by atoms with Crippen LogP contribution in [0.15, 0.2) is 0 Å². The predicted molar refractivity (Wildman–Crippen MR) is 21.6 cm³/mol. The Hall–Kier alpha value is -0.280. The van der Waals surface area contributed by atoms with Crippen LogP contribution in [0.25, 0.3) is 0 Å². The van der Waals surface area contributed by atoms with Gasteiger partial charge in [-0.3, -0.25) is 0 Å².